The van der Waals surface area contributed by atoms with Gasteiger partial charge < -0.3 is 15.1 Å². The Hall–Kier alpha value is -3.14. The standard InChI is InChI=1S/C22H25F3N6O/c1-12(14-5-4-6-15(19(14)23)20(24)25)27-21-16-9-18(26-10-17(16)22(32)29-28-21)31-8-7-13(11-31)30(2)3/h4-6,9-10,12-13,20H,7-8,11H2,1-3H3,(H,27,28)(H,29,32)/t12-,13?/m1/s1. The second-order valence-corrected chi connectivity index (χ2v) is 8.26. The Bertz CT molecular complexity index is 1180. The zero-order valence-electron chi connectivity index (χ0n) is 18.1. The van der Waals surface area contributed by atoms with Crippen LogP contribution in [-0.2, 0) is 0 Å². The van der Waals surface area contributed by atoms with Crippen LogP contribution in [0.4, 0.5) is 24.8 Å². The largest absolute Gasteiger partial charge is 0.361 e. The molecule has 4 rings (SSSR count). The van der Waals surface area contributed by atoms with Crippen LogP contribution < -0.4 is 15.8 Å². The number of fused-ring (bicyclic) bond motifs is 1. The number of hydrogen-bond acceptors (Lipinski definition) is 6. The molecular weight excluding hydrogens is 421 g/mol. The summed E-state index contributed by atoms with van der Waals surface area (Å²) in [4.78, 5) is 21.1. The molecule has 1 aromatic carbocycles. The van der Waals surface area contributed by atoms with Gasteiger partial charge in [-0.15, -0.1) is 0 Å². The number of hydrogen-bond donors (Lipinski definition) is 2. The van der Waals surface area contributed by atoms with Gasteiger partial charge in [-0.05, 0) is 33.5 Å². The molecule has 32 heavy (non-hydrogen) atoms. The number of pyridine rings is 1. The maximum atomic E-state index is 14.6. The van der Waals surface area contributed by atoms with Crippen molar-refractivity contribution in [2.24, 2.45) is 0 Å². The number of aromatic amines is 1. The third-order valence-corrected chi connectivity index (χ3v) is 5.99. The fourth-order valence-corrected chi connectivity index (χ4v) is 4.06. The molecule has 2 aromatic heterocycles. The predicted molar refractivity (Wildman–Crippen MR) is 118 cm³/mol. The van der Waals surface area contributed by atoms with Crippen LogP contribution in [0, 0.1) is 5.82 Å². The average molecular weight is 446 g/mol. The molecule has 0 bridgehead atoms. The lowest BCUT2D eigenvalue weighted by Gasteiger charge is -2.22. The molecule has 0 radical (unpaired) electrons. The Morgan fingerprint density at radius 3 is 2.69 bits per heavy atom. The molecule has 1 aliphatic rings. The van der Waals surface area contributed by atoms with Crippen molar-refractivity contribution < 1.29 is 13.2 Å². The van der Waals surface area contributed by atoms with Crippen LogP contribution in [0.25, 0.3) is 10.8 Å². The minimum absolute atomic E-state index is 0.0894. The lowest BCUT2D eigenvalue weighted by Crippen LogP contribution is -2.31. The van der Waals surface area contributed by atoms with Gasteiger partial charge in [-0.25, -0.2) is 23.3 Å². The highest BCUT2D eigenvalue weighted by atomic mass is 19.3. The summed E-state index contributed by atoms with van der Waals surface area (Å²) in [5.74, 6) is 0.0853. The lowest BCUT2D eigenvalue weighted by molar-refractivity contribution is 0.146. The number of anilines is 2. The fourth-order valence-electron chi connectivity index (χ4n) is 4.06. The molecule has 2 atom stereocenters. The number of rotatable bonds is 6. The Morgan fingerprint density at radius 2 is 2.00 bits per heavy atom. The second kappa shape index (κ2) is 8.78. The summed E-state index contributed by atoms with van der Waals surface area (Å²) in [6.07, 6.45) is -0.404. The molecule has 1 saturated heterocycles. The number of benzene rings is 1. The van der Waals surface area contributed by atoms with E-state index in [4.69, 9.17) is 0 Å². The third kappa shape index (κ3) is 4.14. The number of halogens is 3. The highest BCUT2D eigenvalue weighted by Crippen LogP contribution is 2.31. The number of alkyl halides is 2. The Morgan fingerprint density at radius 1 is 1.25 bits per heavy atom. The lowest BCUT2D eigenvalue weighted by atomic mass is 10.0. The van der Waals surface area contributed by atoms with Gasteiger partial charge >= 0.3 is 0 Å². The summed E-state index contributed by atoms with van der Waals surface area (Å²) in [7, 11) is 4.08. The van der Waals surface area contributed by atoms with E-state index in [1.165, 1.54) is 18.3 Å². The highest BCUT2D eigenvalue weighted by Gasteiger charge is 2.26. The Labute approximate surface area is 183 Å². The molecule has 2 N–H and O–H groups in total. The van der Waals surface area contributed by atoms with Gasteiger partial charge in [0.15, 0.2) is 5.82 Å². The van der Waals surface area contributed by atoms with Gasteiger partial charge in [-0.3, -0.25) is 4.79 Å². The van der Waals surface area contributed by atoms with Crippen molar-refractivity contribution >= 4 is 22.4 Å². The highest BCUT2D eigenvalue weighted by molar-refractivity contribution is 5.92. The smallest absolute Gasteiger partial charge is 0.273 e. The van der Waals surface area contributed by atoms with Gasteiger partial charge in [-0.1, -0.05) is 18.2 Å². The molecule has 1 unspecified atom stereocenters. The molecule has 3 heterocycles. The van der Waals surface area contributed by atoms with Crippen LogP contribution in [0.3, 0.4) is 0 Å². The molecule has 0 spiro atoms. The van der Waals surface area contributed by atoms with E-state index in [2.05, 4.69) is 30.3 Å². The van der Waals surface area contributed by atoms with Crippen molar-refractivity contribution in [1.82, 2.24) is 20.1 Å². The van der Waals surface area contributed by atoms with E-state index in [1.54, 1.807) is 13.0 Å². The molecule has 1 aliphatic heterocycles. The molecule has 10 heteroatoms. The summed E-state index contributed by atoms with van der Waals surface area (Å²) in [5.41, 5.74) is -0.950. The van der Waals surface area contributed by atoms with Gasteiger partial charge in [0.05, 0.1) is 17.0 Å². The minimum atomic E-state index is -2.91. The number of nitrogens with one attached hydrogen (secondary N) is 2. The fraction of sp³-hybridized carbons (Fsp3) is 0.409. The van der Waals surface area contributed by atoms with E-state index in [0.29, 0.717) is 22.6 Å². The van der Waals surface area contributed by atoms with Crippen LogP contribution in [-0.4, -0.2) is 53.3 Å². The topological polar surface area (TPSA) is 77.1 Å². The molecule has 7 nitrogen and oxygen atoms in total. The van der Waals surface area contributed by atoms with Crippen molar-refractivity contribution in [2.75, 3.05) is 37.4 Å². The van der Waals surface area contributed by atoms with Gasteiger partial charge in [-0.2, -0.15) is 5.10 Å². The van der Waals surface area contributed by atoms with Crippen LogP contribution in [0.1, 0.15) is 36.9 Å². The van der Waals surface area contributed by atoms with E-state index in [1.807, 2.05) is 14.1 Å². The first-order chi connectivity index (χ1) is 15.3. The van der Waals surface area contributed by atoms with Crippen molar-refractivity contribution in [1.29, 1.82) is 0 Å². The van der Waals surface area contributed by atoms with Gasteiger partial charge in [0, 0.05) is 36.3 Å². The maximum absolute atomic E-state index is 14.6. The van der Waals surface area contributed by atoms with Crippen LogP contribution in [0.2, 0.25) is 0 Å². The summed E-state index contributed by atoms with van der Waals surface area (Å²) in [6.45, 7) is 3.30. The normalized spacial score (nSPS) is 17.5. The molecule has 0 saturated carbocycles. The molecule has 1 fully saturated rings. The Kier molecular flexibility index (Phi) is 6.05. The monoisotopic (exact) mass is 446 g/mol. The maximum Gasteiger partial charge on any atom is 0.273 e. The van der Waals surface area contributed by atoms with Gasteiger partial charge in [0.2, 0.25) is 0 Å². The quantitative estimate of drug-likeness (QED) is 0.601. The average Bonchev–Trinajstić information content (AvgIpc) is 3.26. The van der Waals surface area contributed by atoms with Gasteiger partial charge in [0.1, 0.15) is 11.6 Å². The zero-order chi connectivity index (χ0) is 23.0. The Balaban J connectivity index is 1.68. The van der Waals surface area contributed by atoms with Crippen molar-refractivity contribution in [2.45, 2.75) is 31.9 Å². The molecular formula is C22H25F3N6O. The molecule has 170 valence electrons. The summed E-state index contributed by atoms with van der Waals surface area (Å²) >= 11 is 0. The number of nitrogens with zero attached hydrogens (tertiary/aromatic N) is 4. The zero-order valence-corrected chi connectivity index (χ0v) is 18.1. The summed E-state index contributed by atoms with van der Waals surface area (Å²) < 4.78 is 40.8. The number of H-pyrrole nitrogens is 1. The number of aromatic nitrogens is 3. The summed E-state index contributed by atoms with van der Waals surface area (Å²) in [6, 6.07) is 5.44. The first kappa shape index (κ1) is 22.1. The van der Waals surface area contributed by atoms with E-state index in [9.17, 15) is 18.0 Å². The predicted octanol–water partition coefficient (Wildman–Crippen LogP) is 3.71. The van der Waals surface area contributed by atoms with Crippen LogP contribution >= 0.6 is 0 Å². The third-order valence-electron chi connectivity index (χ3n) is 5.99. The molecule has 3 aromatic rings. The molecule has 0 aliphatic carbocycles. The van der Waals surface area contributed by atoms with Crippen molar-refractivity contribution in [3.8, 4) is 0 Å². The van der Waals surface area contributed by atoms with E-state index in [-0.39, 0.29) is 5.56 Å². The van der Waals surface area contributed by atoms with Crippen molar-refractivity contribution in [3.63, 3.8) is 0 Å². The van der Waals surface area contributed by atoms with E-state index >= 15 is 0 Å². The van der Waals surface area contributed by atoms with Crippen LogP contribution in [0.5, 0.6) is 0 Å². The summed E-state index contributed by atoms with van der Waals surface area (Å²) in [5, 5.41) is 10.4. The first-order valence-corrected chi connectivity index (χ1v) is 10.4. The van der Waals surface area contributed by atoms with E-state index < -0.39 is 29.4 Å². The number of likely N-dealkylation sites (N-methyl/N-ethyl adjacent to an activating group) is 1. The van der Waals surface area contributed by atoms with E-state index in [0.717, 1.165) is 31.4 Å². The van der Waals surface area contributed by atoms with Crippen molar-refractivity contribution in [3.05, 3.63) is 57.8 Å². The second-order valence-electron chi connectivity index (χ2n) is 8.26. The minimum Gasteiger partial charge on any atom is -0.361 e. The first-order valence-electron chi connectivity index (χ1n) is 10.4. The van der Waals surface area contributed by atoms with Gasteiger partial charge in [0.25, 0.3) is 12.0 Å². The molecule has 0 amide bonds. The van der Waals surface area contributed by atoms with Crippen LogP contribution in [0.15, 0.2) is 35.3 Å². The SMILES string of the molecule is C[C@@H](Nc1n[nH]c(=O)c2cnc(N3CCC(N(C)C)C3)cc12)c1cccc(C(F)F)c1F.